The molecule has 52 heavy (non-hydrogen) atoms. The van der Waals surface area contributed by atoms with Crippen molar-refractivity contribution in [2.24, 2.45) is 5.41 Å². The number of alkyl carbamates (subject to hydrolysis) is 1. The van der Waals surface area contributed by atoms with Crippen molar-refractivity contribution in [3.63, 3.8) is 0 Å². The number of ether oxygens (including phenoxy) is 4. The zero-order valence-electron chi connectivity index (χ0n) is 31.8. The maximum atomic E-state index is 13.7. The number of carbonyl (C=O) groups is 5. The van der Waals surface area contributed by atoms with Crippen molar-refractivity contribution in [1.29, 1.82) is 0 Å². The van der Waals surface area contributed by atoms with Crippen LogP contribution in [-0.2, 0) is 41.5 Å². The predicted octanol–water partition coefficient (Wildman–Crippen LogP) is 4.42. The van der Waals surface area contributed by atoms with Crippen molar-refractivity contribution in [2.45, 2.75) is 91.8 Å². The van der Waals surface area contributed by atoms with E-state index in [0.29, 0.717) is 31.8 Å². The number of hydrogen-bond donors (Lipinski definition) is 4. The number of benzene rings is 2. The van der Waals surface area contributed by atoms with Gasteiger partial charge in [0, 0.05) is 19.9 Å². The van der Waals surface area contributed by atoms with Gasteiger partial charge in [-0.1, -0.05) is 45.0 Å². The molecule has 2 aromatic rings. The minimum atomic E-state index is -1.10. The van der Waals surface area contributed by atoms with Crippen LogP contribution in [0.4, 0.5) is 4.79 Å². The van der Waals surface area contributed by atoms with Gasteiger partial charge in [0.15, 0.2) is 0 Å². The Labute approximate surface area is 307 Å². The van der Waals surface area contributed by atoms with Crippen LogP contribution in [0.15, 0.2) is 60.7 Å². The first-order valence-electron chi connectivity index (χ1n) is 17.5. The van der Waals surface area contributed by atoms with E-state index in [0.717, 1.165) is 17.7 Å². The fraction of sp³-hybridized carbons (Fsp3) is 0.513. The predicted molar refractivity (Wildman–Crippen MR) is 198 cm³/mol. The Morgan fingerprint density at radius 3 is 1.83 bits per heavy atom. The zero-order chi connectivity index (χ0) is 38.7. The topological polar surface area (TPSA) is 170 Å². The molecule has 0 aliphatic heterocycles. The number of nitrogens with one attached hydrogen (secondary N) is 4. The van der Waals surface area contributed by atoms with Gasteiger partial charge in [-0.05, 0) is 93.0 Å². The highest BCUT2D eigenvalue weighted by atomic mass is 16.6. The molecule has 0 unspecified atom stereocenters. The molecule has 0 fully saturated rings. The summed E-state index contributed by atoms with van der Waals surface area (Å²) in [5, 5.41) is 10.7. The summed E-state index contributed by atoms with van der Waals surface area (Å²) in [5.41, 5.74) is 0.513. The molecule has 0 saturated carbocycles. The molecule has 0 saturated heterocycles. The number of rotatable bonds is 20. The minimum absolute atomic E-state index is 0.138. The zero-order valence-corrected chi connectivity index (χ0v) is 31.8. The molecular weight excluding hydrogens is 668 g/mol. The maximum absolute atomic E-state index is 13.7. The Bertz CT molecular complexity index is 1480. The van der Waals surface area contributed by atoms with E-state index >= 15 is 0 Å². The van der Waals surface area contributed by atoms with E-state index in [9.17, 15) is 24.0 Å². The number of aryl methyl sites for hydroxylation is 1. The molecule has 0 aliphatic carbocycles. The van der Waals surface area contributed by atoms with Crippen molar-refractivity contribution in [3.8, 4) is 11.5 Å². The summed E-state index contributed by atoms with van der Waals surface area (Å²) in [5.74, 6) is -0.834. The van der Waals surface area contributed by atoms with E-state index < -0.39 is 59.4 Å². The van der Waals surface area contributed by atoms with Crippen LogP contribution >= 0.6 is 0 Å². The number of esters is 1. The molecule has 0 spiro atoms. The highest BCUT2D eigenvalue weighted by molar-refractivity contribution is 5.93. The summed E-state index contributed by atoms with van der Waals surface area (Å²) in [6.45, 7) is 12.9. The Hall–Kier alpha value is -5.07. The molecule has 0 aliphatic rings. The third-order valence-electron chi connectivity index (χ3n) is 7.88. The van der Waals surface area contributed by atoms with Gasteiger partial charge in [0.05, 0.1) is 7.11 Å². The molecule has 4 N–H and O–H groups in total. The Morgan fingerprint density at radius 2 is 1.33 bits per heavy atom. The lowest BCUT2D eigenvalue weighted by atomic mass is 9.79. The third kappa shape index (κ3) is 16.8. The Balaban J connectivity index is 2.04. The van der Waals surface area contributed by atoms with E-state index in [2.05, 4.69) is 32.9 Å². The molecule has 13 heteroatoms. The lowest BCUT2D eigenvalue weighted by Gasteiger charge is -2.35. The van der Waals surface area contributed by atoms with Gasteiger partial charge in [-0.25, -0.2) is 4.79 Å². The largest absolute Gasteiger partial charge is 0.490 e. The molecule has 286 valence electrons. The molecule has 0 radical (unpaired) electrons. The first-order valence-corrected chi connectivity index (χ1v) is 17.5. The molecule has 4 amide bonds. The summed E-state index contributed by atoms with van der Waals surface area (Å²) < 4.78 is 21.4. The summed E-state index contributed by atoms with van der Waals surface area (Å²) in [4.78, 5) is 63.1. The molecule has 2 atom stereocenters. The lowest BCUT2D eigenvalue weighted by Crippen LogP contribution is -2.59. The van der Waals surface area contributed by atoms with Crippen LogP contribution in [0.1, 0.15) is 72.4 Å². The maximum Gasteiger partial charge on any atom is 0.407 e. The van der Waals surface area contributed by atoms with Crippen molar-refractivity contribution in [3.05, 3.63) is 71.8 Å². The van der Waals surface area contributed by atoms with Crippen LogP contribution in [0, 0.1) is 5.41 Å². The summed E-state index contributed by atoms with van der Waals surface area (Å²) >= 11 is 0. The second kappa shape index (κ2) is 21.3. The number of carbonyl (C=O) groups excluding carboxylic acids is 5. The summed E-state index contributed by atoms with van der Waals surface area (Å²) in [7, 11) is 1.20. The molecule has 2 rings (SSSR count). The van der Waals surface area contributed by atoms with Crippen molar-refractivity contribution >= 4 is 29.8 Å². The van der Waals surface area contributed by atoms with Crippen LogP contribution in [0.5, 0.6) is 11.5 Å². The molecule has 2 aromatic carbocycles. The fourth-order valence-electron chi connectivity index (χ4n) is 5.04. The smallest absolute Gasteiger partial charge is 0.407 e. The van der Waals surface area contributed by atoms with Gasteiger partial charge < -0.3 is 40.2 Å². The van der Waals surface area contributed by atoms with E-state index in [-0.39, 0.29) is 13.0 Å². The van der Waals surface area contributed by atoms with Crippen LogP contribution < -0.4 is 30.7 Å². The summed E-state index contributed by atoms with van der Waals surface area (Å²) in [6.07, 6.45) is 5.16. The van der Waals surface area contributed by atoms with Gasteiger partial charge in [0.2, 0.25) is 17.7 Å². The van der Waals surface area contributed by atoms with Crippen LogP contribution in [-0.4, -0.2) is 80.9 Å². The van der Waals surface area contributed by atoms with E-state index in [1.165, 1.54) is 19.6 Å². The van der Waals surface area contributed by atoms with E-state index in [4.69, 9.17) is 14.2 Å². The van der Waals surface area contributed by atoms with E-state index in [1.807, 2.05) is 36.4 Å². The lowest BCUT2D eigenvalue weighted by molar-refractivity contribution is -0.142. The standard InChI is InChI=1S/C39H56N4O9/c1-9-28-13-17-30(18-14-28)50-23-10-11-24-51-31-19-15-29(16-20-31)25-32(42-27(2)44)35(46)43-34(36(47)41-26-33(45)49-8)39(6,7)21-12-22-40-37(48)52-38(3,4)5/h10-11,13-20,32,34H,9,12,21-26H2,1-8H3,(H,40,48)(H,41,47)(H,42,44)(H,43,46)/b11-10-/t32-,34-/m0/s1. The normalized spacial score (nSPS) is 12.6. The van der Waals surface area contributed by atoms with Crippen molar-refractivity contribution < 1.29 is 42.9 Å². The fourth-order valence-corrected chi connectivity index (χ4v) is 5.04. The third-order valence-corrected chi connectivity index (χ3v) is 7.88. The van der Waals surface area contributed by atoms with Crippen molar-refractivity contribution in [1.82, 2.24) is 21.3 Å². The highest BCUT2D eigenvalue weighted by Gasteiger charge is 2.38. The number of methoxy groups -OCH3 is 1. The molecule has 0 aromatic heterocycles. The first kappa shape index (κ1) is 43.1. The van der Waals surface area contributed by atoms with Gasteiger partial charge in [-0.15, -0.1) is 0 Å². The van der Waals surface area contributed by atoms with Gasteiger partial charge >= 0.3 is 12.1 Å². The molecular formula is C39H56N4O9. The van der Waals surface area contributed by atoms with Crippen LogP contribution in [0.2, 0.25) is 0 Å². The quantitative estimate of drug-likeness (QED) is 0.0878. The first-order chi connectivity index (χ1) is 24.5. The van der Waals surface area contributed by atoms with Crippen molar-refractivity contribution in [2.75, 3.05) is 33.4 Å². The highest BCUT2D eigenvalue weighted by Crippen LogP contribution is 2.28. The molecule has 0 heterocycles. The summed E-state index contributed by atoms with van der Waals surface area (Å²) in [6, 6.07) is 13.0. The van der Waals surface area contributed by atoms with Gasteiger partial charge in [-0.3, -0.25) is 19.2 Å². The van der Waals surface area contributed by atoms with Crippen LogP contribution in [0.3, 0.4) is 0 Å². The van der Waals surface area contributed by atoms with Crippen LogP contribution in [0.25, 0.3) is 0 Å². The minimum Gasteiger partial charge on any atom is -0.490 e. The van der Waals surface area contributed by atoms with E-state index in [1.54, 1.807) is 58.9 Å². The van der Waals surface area contributed by atoms with Gasteiger partial charge in [-0.2, -0.15) is 0 Å². The Kier molecular flexibility index (Phi) is 17.7. The van der Waals surface area contributed by atoms with Gasteiger partial charge in [0.1, 0.15) is 48.9 Å². The second-order valence-corrected chi connectivity index (χ2v) is 13.9. The average Bonchev–Trinajstić information content (AvgIpc) is 3.08. The van der Waals surface area contributed by atoms with Gasteiger partial charge in [0.25, 0.3) is 0 Å². The number of hydrogen-bond acceptors (Lipinski definition) is 9. The number of amides is 4. The Morgan fingerprint density at radius 1 is 0.769 bits per heavy atom. The SMILES string of the molecule is CCc1ccc(OC/C=C\COc2ccc(C[C@H](NC(C)=O)C(=O)N[C@@H](C(=O)NCC(=O)OC)C(C)(C)CCCNC(=O)OC(C)(C)C)cc2)cc1. The second-order valence-electron chi connectivity index (χ2n) is 13.9. The monoisotopic (exact) mass is 724 g/mol. The average molecular weight is 725 g/mol. The molecule has 0 bridgehead atoms. The molecule has 13 nitrogen and oxygen atoms in total.